The van der Waals surface area contributed by atoms with Crippen LogP contribution in [0.15, 0.2) is 17.0 Å². The Morgan fingerprint density at radius 3 is 2.42 bits per heavy atom. The summed E-state index contributed by atoms with van der Waals surface area (Å²) < 4.78 is 68.7. The minimum atomic E-state index is -4.63. The molecular formula is C9H10F2O6PS+. The number of hydrogen-bond donors (Lipinski definition) is 1. The normalized spacial score (nSPS) is 12.5. The first kappa shape index (κ1) is 16.1. The molecule has 6 nitrogen and oxygen atoms in total. The highest BCUT2D eigenvalue weighted by atomic mass is 32.2. The fourth-order valence-corrected chi connectivity index (χ4v) is 2.72. The maximum atomic E-state index is 13.5. The monoisotopic (exact) mass is 315 g/mol. The summed E-state index contributed by atoms with van der Waals surface area (Å²) in [6.07, 6.45) is -0.0728. The van der Waals surface area contributed by atoms with Gasteiger partial charge in [-0.25, -0.2) is 13.0 Å². The van der Waals surface area contributed by atoms with Crippen LogP contribution in [-0.4, -0.2) is 20.1 Å². The zero-order chi connectivity index (χ0) is 14.6. The first-order chi connectivity index (χ1) is 8.79. The molecule has 106 valence electrons. The van der Waals surface area contributed by atoms with Crippen LogP contribution in [-0.2, 0) is 29.8 Å². The molecule has 0 aromatic heterocycles. The summed E-state index contributed by atoms with van der Waals surface area (Å²) in [5.41, 5.74) is -0.367. The highest BCUT2D eigenvalue weighted by Gasteiger charge is 2.27. The smallest absolute Gasteiger partial charge is 0.232 e. The Balaban J connectivity index is 3.14. The molecule has 1 unspecified atom stereocenters. The first-order valence-electron chi connectivity index (χ1n) is 4.95. The van der Waals surface area contributed by atoms with E-state index in [1.165, 1.54) is 6.92 Å². The second-order valence-corrected chi connectivity index (χ2v) is 5.53. The van der Waals surface area contributed by atoms with Gasteiger partial charge >= 0.3 is 18.4 Å². The summed E-state index contributed by atoms with van der Waals surface area (Å²) in [6, 6.07) is 1.45. The molecule has 0 radical (unpaired) electrons. The van der Waals surface area contributed by atoms with Gasteiger partial charge in [0.2, 0.25) is 6.79 Å². The van der Waals surface area contributed by atoms with Crippen molar-refractivity contribution in [2.45, 2.75) is 18.2 Å². The van der Waals surface area contributed by atoms with Crippen molar-refractivity contribution in [1.29, 1.82) is 0 Å². The van der Waals surface area contributed by atoms with Crippen molar-refractivity contribution in [3.8, 4) is 0 Å². The van der Waals surface area contributed by atoms with Crippen LogP contribution in [0.2, 0.25) is 0 Å². The molecule has 0 aliphatic heterocycles. The number of rotatable bonds is 6. The molecular weight excluding hydrogens is 305 g/mol. The third-order valence-electron chi connectivity index (χ3n) is 2.13. The van der Waals surface area contributed by atoms with E-state index in [1.807, 2.05) is 0 Å². The van der Waals surface area contributed by atoms with Gasteiger partial charge in [-0.15, -0.1) is 4.89 Å². The summed E-state index contributed by atoms with van der Waals surface area (Å²) >= 11 is 0. The summed E-state index contributed by atoms with van der Waals surface area (Å²) in [5, 5.41) is 0. The number of halogens is 2. The minimum Gasteiger partial charge on any atom is -0.232 e. The average Bonchev–Trinajstić information content (AvgIpc) is 2.30. The third-order valence-corrected chi connectivity index (χ3v) is 3.80. The second-order valence-electron chi connectivity index (χ2n) is 3.25. The average molecular weight is 315 g/mol. The molecule has 0 heterocycles. The van der Waals surface area contributed by atoms with Gasteiger partial charge in [-0.2, -0.15) is 8.42 Å². The van der Waals surface area contributed by atoms with Crippen molar-refractivity contribution in [3.05, 3.63) is 29.3 Å². The molecule has 1 atom stereocenters. The topological polar surface area (TPSA) is 89.9 Å². The van der Waals surface area contributed by atoms with Gasteiger partial charge in [0.25, 0.3) is 0 Å². The van der Waals surface area contributed by atoms with E-state index >= 15 is 0 Å². The molecule has 1 aromatic rings. The molecule has 0 fully saturated rings. The zero-order valence-electron chi connectivity index (χ0n) is 9.67. The zero-order valence-corrected chi connectivity index (χ0v) is 11.4. The van der Waals surface area contributed by atoms with Gasteiger partial charge in [-0.05, 0) is 18.6 Å². The molecule has 19 heavy (non-hydrogen) atoms. The Morgan fingerprint density at radius 1 is 1.32 bits per heavy atom. The van der Waals surface area contributed by atoms with E-state index in [9.17, 15) is 21.8 Å². The van der Waals surface area contributed by atoms with E-state index in [0.717, 1.165) is 6.07 Å². The molecule has 1 N–H and O–H groups in total. The summed E-state index contributed by atoms with van der Waals surface area (Å²) in [6.45, 7) is 0.366. The van der Waals surface area contributed by atoms with Crippen LogP contribution in [0, 0.1) is 11.6 Å². The fourth-order valence-electron chi connectivity index (χ4n) is 1.36. The van der Waals surface area contributed by atoms with Crippen LogP contribution in [0.3, 0.4) is 0 Å². The molecule has 0 bridgehead atoms. The Bertz CT molecular complexity index is 589. The standard InChI is InChI=1S/C9H9F2O6PS/c1-2-6-7(10)3-4-8(11)9(6)19(14,15)17-5-16-18(12)13/h3-4H,2,5H2,1H3/p+1. The SMILES string of the molecule is CCc1c(F)ccc(F)c1S(=O)(=O)OCO[P+](=O)O. The van der Waals surface area contributed by atoms with E-state index in [-0.39, 0.29) is 12.0 Å². The van der Waals surface area contributed by atoms with Crippen LogP contribution in [0.1, 0.15) is 12.5 Å². The van der Waals surface area contributed by atoms with Gasteiger partial charge in [-0.3, -0.25) is 0 Å². The lowest BCUT2D eigenvalue weighted by Crippen LogP contribution is -2.13. The van der Waals surface area contributed by atoms with Crippen molar-refractivity contribution in [1.82, 2.24) is 0 Å². The summed E-state index contributed by atoms with van der Waals surface area (Å²) in [4.78, 5) is 7.36. The quantitative estimate of drug-likeness (QED) is 0.489. The molecule has 10 heteroatoms. The van der Waals surface area contributed by atoms with E-state index in [0.29, 0.717) is 6.07 Å². The van der Waals surface area contributed by atoms with E-state index in [2.05, 4.69) is 8.71 Å². The maximum absolute atomic E-state index is 13.5. The van der Waals surface area contributed by atoms with Crippen molar-refractivity contribution in [3.63, 3.8) is 0 Å². The Hall–Kier alpha value is -0.990. The van der Waals surface area contributed by atoms with Gasteiger partial charge in [-0.1, -0.05) is 11.4 Å². The number of benzene rings is 1. The van der Waals surface area contributed by atoms with Crippen LogP contribution in [0.25, 0.3) is 0 Å². The van der Waals surface area contributed by atoms with Crippen molar-refractivity contribution in [2.75, 3.05) is 6.79 Å². The van der Waals surface area contributed by atoms with Gasteiger partial charge in [0.15, 0.2) is 0 Å². The minimum absolute atomic E-state index is 0.0728. The summed E-state index contributed by atoms with van der Waals surface area (Å²) in [7, 11) is -7.69. The molecule has 0 aliphatic rings. The lowest BCUT2D eigenvalue weighted by molar-refractivity contribution is 0.120. The molecule has 0 amide bonds. The lowest BCUT2D eigenvalue weighted by Gasteiger charge is -2.09. The van der Waals surface area contributed by atoms with Crippen molar-refractivity contribution >= 4 is 18.4 Å². The second kappa shape index (κ2) is 6.44. The predicted octanol–water partition coefficient (Wildman–Crippen LogP) is 1.86. The van der Waals surface area contributed by atoms with Gasteiger partial charge in [0.05, 0.1) is 0 Å². The van der Waals surface area contributed by atoms with Gasteiger partial charge in [0, 0.05) is 10.1 Å². The largest absolute Gasteiger partial charge is 0.697 e. The van der Waals surface area contributed by atoms with Crippen LogP contribution >= 0.6 is 8.25 Å². The highest BCUT2D eigenvalue weighted by molar-refractivity contribution is 7.86. The molecule has 0 spiro atoms. The van der Waals surface area contributed by atoms with Crippen LogP contribution < -0.4 is 0 Å². The fraction of sp³-hybridized carbons (Fsp3) is 0.333. The van der Waals surface area contributed by atoms with Crippen molar-refractivity contribution in [2.24, 2.45) is 0 Å². The number of hydrogen-bond acceptors (Lipinski definition) is 5. The van der Waals surface area contributed by atoms with E-state index < -0.39 is 41.7 Å². The van der Waals surface area contributed by atoms with E-state index in [4.69, 9.17) is 4.89 Å². The molecule has 0 saturated heterocycles. The summed E-state index contributed by atoms with van der Waals surface area (Å²) in [5.74, 6) is -2.06. The molecule has 1 rings (SSSR count). The van der Waals surface area contributed by atoms with Gasteiger partial charge < -0.3 is 0 Å². The molecule has 0 aliphatic carbocycles. The van der Waals surface area contributed by atoms with Crippen LogP contribution in [0.5, 0.6) is 0 Å². The third kappa shape index (κ3) is 3.99. The predicted molar refractivity (Wildman–Crippen MR) is 59.8 cm³/mol. The molecule has 1 aromatic carbocycles. The van der Waals surface area contributed by atoms with E-state index in [1.54, 1.807) is 0 Å². The Morgan fingerprint density at radius 2 is 1.89 bits per heavy atom. The lowest BCUT2D eigenvalue weighted by atomic mass is 10.1. The van der Waals surface area contributed by atoms with Crippen LogP contribution in [0.4, 0.5) is 8.78 Å². The Kier molecular flexibility index (Phi) is 5.45. The molecule has 0 saturated carbocycles. The first-order valence-corrected chi connectivity index (χ1v) is 7.48. The Labute approximate surface area is 109 Å². The highest BCUT2D eigenvalue weighted by Crippen LogP contribution is 2.25. The van der Waals surface area contributed by atoms with Gasteiger partial charge in [0.1, 0.15) is 16.5 Å². The van der Waals surface area contributed by atoms with Crippen molar-refractivity contribution < 1.29 is 35.4 Å². The maximum Gasteiger partial charge on any atom is 0.697 e.